The highest BCUT2D eigenvalue weighted by Gasteiger charge is 2.19. The number of halogens is 1. The largest absolute Gasteiger partial charge is 0.496 e. The van der Waals surface area contributed by atoms with E-state index in [1.807, 2.05) is 24.3 Å². The fraction of sp³-hybridized carbons (Fsp3) is 0.167. The summed E-state index contributed by atoms with van der Waals surface area (Å²) in [4.78, 5) is 13.8. The van der Waals surface area contributed by atoms with Gasteiger partial charge in [-0.05, 0) is 18.2 Å². The molecule has 0 spiro atoms. The first-order valence-electron chi connectivity index (χ1n) is 7.86. The first-order chi connectivity index (χ1) is 12.6. The number of nitrogens with one attached hydrogen (secondary N) is 1. The molecule has 134 valence electrons. The monoisotopic (exact) mass is 372 g/mol. The third kappa shape index (κ3) is 3.68. The number of amides is 1. The molecule has 3 aromatic rings. The summed E-state index contributed by atoms with van der Waals surface area (Å²) >= 11 is 6.14. The van der Waals surface area contributed by atoms with Gasteiger partial charge in [0.25, 0.3) is 5.91 Å². The molecule has 2 aromatic carbocycles. The average molecular weight is 373 g/mol. The van der Waals surface area contributed by atoms with Crippen molar-refractivity contribution >= 4 is 17.5 Å². The molecule has 7 nitrogen and oxygen atoms in total. The summed E-state index contributed by atoms with van der Waals surface area (Å²) in [6, 6.07) is 14.4. The Morgan fingerprint density at radius 3 is 2.65 bits per heavy atom. The molecule has 2 N–H and O–H groups in total. The molecule has 0 aliphatic rings. The molecule has 1 amide bonds. The highest BCUT2D eigenvalue weighted by atomic mass is 35.5. The fourth-order valence-corrected chi connectivity index (χ4v) is 2.66. The smallest absolute Gasteiger partial charge is 0.274 e. The van der Waals surface area contributed by atoms with Crippen LogP contribution in [-0.2, 0) is 13.2 Å². The maximum Gasteiger partial charge on any atom is 0.274 e. The normalized spacial score (nSPS) is 10.6. The summed E-state index contributed by atoms with van der Waals surface area (Å²) in [6.07, 6.45) is 0. The zero-order chi connectivity index (χ0) is 18.5. The van der Waals surface area contributed by atoms with E-state index in [9.17, 15) is 9.90 Å². The van der Waals surface area contributed by atoms with Gasteiger partial charge in [-0.3, -0.25) is 4.79 Å². The molecule has 1 aromatic heterocycles. The molecule has 1 heterocycles. The van der Waals surface area contributed by atoms with Crippen LogP contribution >= 0.6 is 11.6 Å². The number of carbonyl (C=O) groups is 1. The second kappa shape index (κ2) is 7.99. The molecule has 0 bridgehead atoms. The Labute approximate surface area is 155 Å². The number of benzene rings is 2. The summed E-state index contributed by atoms with van der Waals surface area (Å²) in [5.41, 5.74) is 1.56. The molecule has 0 unspecified atom stereocenters. The van der Waals surface area contributed by atoms with Crippen molar-refractivity contribution in [2.24, 2.45) is 0 Å². The van der Waals surface area contributed by atoms with Gasteiger partial charge in [-0.25, -0.2) is 0 Å². The molecule has 0 fully saturated rings. The zero-order valence-electron chi connectivity index (χ0n) is 14.0. The number of hydrogen-bond donors (Lipinski definition) is 2. The number of hydrogen-bond acceptors (Lipinski definition) is 5. The van der Waals surface area contributed by atoms with Crippen LogP contribution in [0.4, 0.5) is 0 Å². The molecule has 8 heteroatoms. The Kier molecular flexibility index (Phi) is 5.50. The van der Waals surface area contributed by atoms with Crippen LogP contribution in [0, 0.1) is 0 Å². The molecule has 0 saturated heterocycles. The lowest BCUT2D eigenvalue weighted by molar-refractivity contribution is 0.0942. The minimum atomic E-state index is -0.446. The first kappa shape index (κ1) is 17.9. The second-order valence-electron chi connectivity index (χ2n) is 5.39. The van der Waals surface area contributed by atoms with E-state index in [0.717, 1.165) is 5.56 Å². The van der Waals surface area contributed by atoms with Gasteiger partial charge in [0.05, 0.1) is 18.7 Å². The maximum absolute atomic E-state index is 12.5. The number of methoxy groups -OCH3 is 1. The van der Waals surface area contributed by atoms with Crippen molar-refractivity contribution in [3.05, 3.63) is 70.5 Å². The Bertz CT molecular complexity index is 926. The Balaban J connectivity index is 1.82. The number of aliphatic hydroxyl groups is 1. The van der Waals surface area contributed by atoms with Crippen molar-refractivity contribution < 1.29 is 14.6 Å². The van der Waals surface area contributed by atoms with Crippen LogP contribution in [0.5, 0.6) is 5.75 Å². The van der Waals surface area contributed by atoms with Crippen molar-refractivity contribution in [1.82, 2.24) is 20.3 Å². The SMILES string of the molecule is COc1ccccc1CNC(=O)c1nn(-c2ccccc2Cl)nc1CO. The quantitative estimate of drug-likeness (QED) is 0.693. The van der Waals surface area contributed by atoms with E-state index in [4.69, 9.17) is 16.3 Å². The van der Waals surface area contributed by atoms with Crippen molar-refractivity contribution in [2.45, 2.75) is 13.2 Å². The maximum atomic E-state index is 12.5. The molecule has 0 saturated carbocycles. The number of rotatable bonds is 6. The minimum absolute atomic E-state index is 0.0438. The number of aliphatic hydroxyl groups excluding tert-OH is 1. The second-order valence-corrected chi connectivity index (χ2v) is 5.80. The van der Waals surface area contributed by atoms with Crippen LogP contribution in [0.1, 0.15) is 21.7 Å². The lowest BCUT2D eigenvalue weighted by atomic mass is 10.2. The van der Waals surface area contributed by atoms with Gasteiger partial charge in [0.2, 0.25) is 0 Å². The van der Waals surface area contributed by atoms with E-state index < -0.39 is 12.5 Å². The summed E-state index contributed by atoms with van der Waals surface area (Å²) in [5, 5.41) is 21.1. The summed E-state index contributed by atoms with van der Waals surface area (Å²) < 4.78 is 5.27. The van der Waals surface area contributed by atoms with Crippen LogP contribution in [0.3, 0.4) is 0 Å². The average Bonchev–Trinajstić information content (AvgIpc) is 3.11. The third-order valence-corrected chi connectivity index (χ3v) is 4.07. The fourth-order valence-electron chi connectivity index (χ4n) is 2.45. The number of ether oxygens (including phenoxy) is 1. The first-order valence-corrected chi connectivity index (χ1v) is 8.24. The lowest BCUT2D eigenvalue weighted by Crippen LogP contribution is -2.24. The van der Waals surface area contributed by atoms with E-state index in [-0.39, 0.29) is 17.9 Å². The van der Waals surface area contributed by atoms with Crippen molar-refractivity contribution in [1.29, 1.82) is 0 Å². The third-order valence-electron chi connectivity index (χ3n) is 3.75. The van der Waals surface area contributed by atoms with Gasteiger partial charge in [0, 0.05) is 12.1 Å². The molecular weight excluding hydrogens is 356 g/mol. The Morgan fingerprint density at radius 2 is 1.92 bits per heavy atom. The van der Waals surface area contributed by atoms with Crippen LogP contribution in [0.2, 0.25) is 5.02 Å². The van der Waals surface area contributed by atoms with E-state index in [2.05, 4.69) is 15.5 Å². The Hall–Kier alpha value is -2.90. The highest BCUT2D eigenvalue weighted by molar-refractivity contribution is 6.32. The standard InChI is InChI=1S/C18H17ClN4O3/c1-26-16-9-5-2-6-12(16)10-20-18(25)17-14(11-24)21-23(22-17)15-8-4-3-7-13(15)19/h2-9,24H,10-11H2,1H3,(H,20,25). The van der Waals surface area contributed by atoms with E-state index in [0.29, 0.717) is 16.5 Å². The number of para-hydroxylation sites is 2. The molecular formula is C18H17ClN4O3. The number of carbonyl (C=O) groups excluding carboxylic acids is 1. The molecule has 3 rings (SSSR count). The summed E-state index contributed by atoms with van der Waals surface area (Å²) in [5.74, 6) is 0.230. The van der Waals surface area contributed by atoms with Gasteiger partial charge in [-0.15, -0.1) is 15.0 Å². The van der Waals surface area contributed by atoms with Crippen LogP contribution in [0.25, 0.3) is 5.69 Å². The van der Waals surface area contributed by atoms with Gasteiger partial charge in [0.1, 0.15) is 17.1 Å². The topological polar surface area (TPSA) is 89.3 Å². The van der Waals surface area contributed by atoms with E-state index >= 15 is 0 Å². The van der Waals surface area contributed by atoms with Gasteiger partial charge < -0.3 is 15.2 Å². The van der Waals surface area contributed by atoms with Crippen molar-refractivity contribution in [3.63, 3.8) is 0 Å². The van der Waals surface area contributed by atoms with Crippen LogP contribution in [0.15, 0.2) is 48.5 Å². The minimum Gasteiger partial charge on any atom is -0.496 e. The van der Waals surface area contributed by atoms with Crippen LogP contribution < -0.4 is 10.1 Å². The van der Waals surface area contributed by atoms with Gasteiger partial charge >= 0.3 is 0 Å². The van der Waals surface area contributed by atoms with E-state index in [1.165, 1.54) is 4.80 Å². The molecule has 0 radical (unpaired) electrons. The predicted octanol–water partition coefficient (Wildman–Crippen LogP) is 2.35. The summed E-state index contributed by atoms with van der Waals surface area (Å²) in [7, 11) is 1.57. The number of aromatic nitrogens is 3. The van der Waals surface area contributed by atoms with Gasteiger partial charge in [-0.2, -0.15) is 0 Å². The molecule has 0 atom stereocenters. The van der Waals surface area contributed by atoms with Gasteiger partial charge in [-0.1, -0.05) is 41.9 Å². The highest BCUT2D eigenvalue weighted by Crippen LogP contribution is 2.20. The van der Waals surface area contributed by atoms with E-state index in [1.54, 1.807) is 31.4 Å². The van der Waals surface area contributed by atoms with Crippen molar-refractivity contribution in [3.8, 4) is 11.4 Å². The molecule has 0 aliphatic carbocycles. The molecule has 0 aliphatic heterocycles. The number of nitrogens with zero attached hydrogens (tertiary/aromatic N) is 3. The zero-order valence-corrected chi connectivity index (χ0v) is 14.8. The predicted molar refractivity (Wildman–Crippen MR) is 96.5 cm³/mol. The summed E-state index contributed by atoms with van der Waals surface area (Å²) in [6.45, 7) is -0.158. The van der Waals surface area contributed by atoms with Crippen LogP contribution in [-0.4, -0.2) is 33.1 Å². The Morgan fingerprint density at radius 1 is 1.19 bits per heavy atom. The van der Waals surface area contributed by atoms with Gasteiger partial charge in [0.15, 0.2) is 5.69 Å². The van der Waals surface area contributed by atoms with Crippen molar-refractivity contribution in [2.75, 3.05) is 7.11 Å². The molecule has 26 heavy (non-hydrogen) atoms. The lowest BCUT2D eigenvalue weighted by Gasteiger charge is -2.08.